The number of nitrogens with two attached hydrogens (primary N) is 1. The predicted octanol–water partition coefficient (Wildman–Crippen LogP) is 2.12. The molecule has 0 aromatic heterocycles. The molecule has 0 spiro atoms. The number of carbonyl (C=O) groups excluding carboxylic acids is 1. The van der Waals surface area contributed by atoms with Crippen LogP contribution in [0.4, 0.5) is 20.2 Å². The van der Waals surface area contributed by atoms with Gasteiger partial charge in [0, 0.05) is 29.1 Å². The Morgan fingerprint density at radius 2 is 2.00 bits per heavy atom. The lowest BCUT2D eigenvalue weighted by atomic mass is 10.1. The topological polar surface area (TPSA) is 117 Å². The van der Waals surface area contributed by atoms with E-state index in [-0.39, 0.29) is 48.9 Å². The van der Waals surface area contributed by atoms with Gasteiger partial charge in [-0.1, -0.05) is 0 Å². The molecule has 6 N–H and O–H groups in total. The van der Waals surface area contributed by atoms with Gasteiger partial charge in [0.2, 0.25) is 0 Å². The van der Waals surface area contributed by atoms with Crippen LogP contribution < -0.4 is 21.1 Å². The predicted molar refractivity (Wildman–Crippen MR) is 113 cm³/mol. The van der Waals surface area contributed by atoms with Gasteiger partial charge in [-0.25, -0.2) is 8.78 Å². The van der Waals surface area contributed by atoms with Gasteiger partial charge in [-0.15, -0.1) is 0 Å². The number of aliphatic hydroxyl groups is 2. The molecule has 0 saturated heterocycles. The Bertz CT molecular complexity index is 854. The van der Waals surface area contributed by atoms with Crippen molar-refractivity contribution in [1.82, 2.24) is 5.32 Å². The van der Waals surface area contributed by atoms with E-state index < -0.39 is 23.6 Å². The van der Waals surface area contributed by atoms with Gasteiger partial charge in [-0.3, -0.25) is 4.79 Å². The maximum Gasteiger partial charge on any atom is 0.254 e. The van der Waals surface area contributed by atoms with Gasteiger partial charge < -0.3 is 31.3 Å². The molecule has 0 bridgehead atoms. The zero-order valence-corrected chi connectivity index (χ0v) is 17.6. The first-order chi connectivity index (χ1) is 13.8. The second kappa shape index (κ2) is 11.2. The van der Waals surface area contributed by atoms with Crippen molar-refractivity contribution in [3.8, 4) is 5.75 Å². The Labute approximate surface area is 180 Å². The number of hydrogen-bond donors (Lipinski definition) is 5. The van der Waals surface area contributed by atoms with Crippen LogP contribution in [0.15, 0.2) is 30.3 Å². The van der Waals surface area contributed by atoms with Crippen LogP contribution in [0.1, 0.15) is 16.8 Å². The summed E-state index contributed by atoms with van der Waals surface area (Å²) in [6.07, 6.45) is -0.563. The van der Waals surface area contributed by atoms with E-state index in [2.05, 4.69) is 10.6 Å². The largest absolute Gasteiger partial charge is 0.492 e. The van der Waals surface area contributed by atoms with E-state index in [9.17, 15) is 18.7 Å². The third kappa shape index (κ3) is 7.07. The molecule has 1 amide bonds. The van der Waals surface area contributed by atoms with E-state index in [1.807, 2.05) is 22.6 Å². The number of amides is 1. The number of anilines is 2. The van der Waals surface area contributed by atoms with E-state index in [1.54, 1.807) is 6.07 Å². The zero-order chi connectivity index (χ0) is 21.4. The fourth-order valence-electron chi connectivity index (χ4n) is 2.54. The van der Waals surface area contributed by atoms with Crippen LogP contribution in [0.2, 0.25) is 0 Å². The number of rotatable bonds is 11. The molecular weight excluding hydrogens is 499 g/mol. The molecule has 7 nitrogen and oxygen atoms in total. The molecule has 10 heteroatoms. The summed E-state index contributed by atoms with van der Waals surface area (Å²) in [4.78, 5) is 12.0. The Morgan fingerprint density at radius 1 is 1.24 bits per heavy atom. The summed E-state index contributed by atoms with van der Waals surface area (Å²) in [6, 6.07) is 6.43. The van der Waals surface area contributed by atoms with Crippen LogP contribution in [0, 0.1) is 15.2 Å². The van der Waals surface area contributed by atoms with Crippen LogP contribution >= 0.6 is 22.6 Å². The molecular formula is C19H22F2IN3O4. The molecule has 0 aliphatic heterocycles. The van der Waals surface area contributed by atoms with Gasteiger partial charge in [0.05, 0.1) is 30.7 Å². The fourth-order valence-corrected chi connectivity index (χ4v) is 2.99. The average Bonchev–Trinajstić information content (AvgIpc) is 2.63. The molecule has 158 valence electrons. The first-order valence-electron chi connectivity index (χ1n) is 8.79. The van der Waals surface area contributed by atoms with Crippen molar-refractivity contribution < 1.29 is 28.5 Å². The normalized spacial score (nSPS) is 11.9. The van der Waals surface area contributed by atoms with E-state index in [0.717, 1.165) is 12.1 Å². The van der Waals surface area contributed by atoms with Crippen LogP contribution in [-0.4, -0.2) is 48.5 Å². The number of primary amides is 1. The number of halogens is 3. The highest BCUT2D eigenvalue weighted by molar-refractivity contribution is 14.1. The highest BCUT2D eigenvalue weighted by atomic mass is 127. The Balaban J connectivity index is 2.17. The van der Waals surface area contributed by atoms with Crippen molar-refractivity contribution in [2.45, 2.75) is 12.5 Å². The second-order valence-electron chi connectivity index (χ2n) is 6.16. The maximum atomic E-state index is 14.1. The molecule has 29 heavy (non-hydrogen) atoms. The molecule has 2 rings (SSSR count). The first-order valence-corrected chi connectivity index (χ1v) is 9.87. The number of carbonyl (C=O) groups is 1. The number of hydrogen-bond acceptors (Lipinski definition) is 6. The molecule has 0 radical (unpaired) electrons. The monoisotopic (exact) mass is 521 g/mol. The van der Waals surface area contributed by atoms with E-state index >= 15 is 0 Å². The van der Waals surface area contributed by atoms with Crippen LogP contribution in [-0.2, 0) is 0 Å². The fraction of sp³-hybridized carbons (Fsp3) is 0.316. The quantitative estimate of drug-likeness (QED) is 0.229. The zero-order valence-electron chi connectivity index (χ0n) is 15.4. The number of aliphatic hydroxyl groups excluding tert-OH is 2. The van der Waals surface area contributed by atoms with Gasteiger partial charge in [-0.05, 0) is 46.9 Å². The van der Waals surface area contributed by atoms with E-state index in [1.165, 1.54) is 12.1 Å². The molecule has 0 saturated carbocycles. The highest BCUT2D eigenvalue weighted by Crippen LogP contribution is 2.31. The van der Waals surface area contributed by atoms with Crippen molar-refractivity contribution in [3.63, 3.8) is 0 Å². The summed E-state index contributed by atoms with van der Waals surface area (Å²) in [6.45, 7) is 0.529. The lowest BCUT2D eigenvalue weighted by molar-refractivity contribution is 0.0995. The summed E-state index contributed by atoms with van der Waals surface area (Å²) in [7, 11) is 0. The molecule has 0 aliphatic carbocycles. The molecule has 0 unspecified atom stereocenters. The highest BCUT2D eigenvalue weighted by Gasteiger charge is 2.19. The van der Waals surface area contributed by atoms with Crippen molar-refractivity contribution >= 4 is 39.9 Å². The SMILES string of the molecule is NC(=O)c1c(Nc2ccc(I)cc2F)cc(F)cc1OCC[C@@H](O)CNCCO. The first kappa shape index (κ1) is 23.3. The Kier molecular flexibility index (Phi) is 9.01. The molecule has 1 atom stereocenters. The maximum absolute atomic E-state index is 14.1. The van der Waals surface area contributed by atoms with Gasteiger partial charge >= 0.3 is 0 Å². The molecule has 2 aromatic carbocycles. The van der Waals surface area contributed by atoms with Crippen LogP contribution in [0.3, 0.4) is 0 Å². The summed E-state index contributed by atoms with van der Waals surface area (Å²) >= 11 is 1.95. The molecule has 0 heterocycles. The van der Waals surface area contributed by atoms with Gasteiger partial charge in [0.25, 0.3) is 5.91 Å². The smallest absolute Gasteiger partial charge is 0.254 e. The summed E-state index contributed by atoms with van der Waals surface area (Å²) < 4.78 is 34.4. The van der Waals surface area contributed by atoms with E-state index in [0.29, 0.717) is 10.1 Å². The lowest BCUT2D eigenvalue weighted by Crippen LogP contribution is -2.30. The minimum atomic E-state index is -0.876. The van der Waals surface area contributed by atoms with Gasteiger partial charge in [0.1, 0.15) is 22.9 Å². The molecule has 0 fully saturated rings. The molecule has 2 aromatic rings. The van der Waals surface area contributed by atoms with E-state index in [4.69, 9.17) is 15.6 Å². The lowest BCUT2D eigenvalue weighted by Gasteiger charge is -2.17. The van der Waals surface area contributed by atoms with Crippen molar-refractivity contribution in [1.29, 1.82) is 0 Å². The summed E-state index contributed by atoms with van der Waals surface area (Å²) in [5.74, 6) is -2.26. The molecule has 0 aliphatic rings. The standard InChI is InChI=1S/C19H22F2IN3O4/c20-11-7-16(25-15-2-1-12(22)9-14(15)21)18(19(23)28)17(8-11)29-6-3-13(27)10-24-4-5-26/h1-2,7-9,13,24-27H,3-6,10H2,(H2,23,28)/t13-/m1/s1. The van der Waals surface area contributed by atoms with Crippen molar-refractivity contribution in [3.05, 3.63) is 51.1 Å². The second-order valence-corrected chi connectivity index (χ2v) is 7.40. The Hall–Kier alpha value is -2.02. The number of nitrogens with one attached hydrogen (secondary N) is 2. The van der Waals surface area contributed by atoms with Gasteiger partial charge in [-0.2, -0.15) is 0 Å². The number of benzene rings is 2. The van der Waals surface area contributed by atoms with Crippen LogP contribution in [0.25, 0.3) is 0 Å². The van der Waals surface area contributed by atoms with Crippen molar-refractivity contribution in [2.75, 3.05) is 31.6 Å². The Morgan fingerprint density at radius 3 is 2.66 bits per heavy atom. The average molecular weight is 521 g/mol. The third-order valence-electron chi connectivity index (χ3n) is 3.89. The summed E-state index contributed by atoms with van der Waals surface area (Å²) in [5, 5.41) is 24.1. The van der Waals surface area contributed by atoms with Crippen LogP contribution in [0.5, 0.6) is 5.75 Å². The van der Waals surface area contributed by atoms with Crippen molar-refractivity contribution in [2.24, 2.45) is 5.73 Å². The van der Waals surface area contributed by atoms with Gasteiger partial charge in [0.15, 0.2) is 0 Å². The minimum Gasteiger partial charge on any atom is -0.492 e. The third-order valence-corrected chi connectivity index (χ3v) is 4.56. The minimum absolute atomic E-state index is 0.0109. The number of ether oxygens (including phenoxy) is 1. The summed E-state index contributed by atoms with van der Waals surface area (Å²) in [5.41, 5.74) is 5.33.